The van der Waals surface area contributed by atoms with Crippen molar-refractivity contribution in [3.63, 3.8) is 0 Å². The fourth-order valence-corrected chi connectivity index (χ4v) is 2.21. The van der Waals surface area contributed by atoms with Crippen LogP contribution in [0.4, 0.5) is 0 Å². The largest absolute Gasteiger partial charge is 0.468 e. The summed E-state index contributed by atoms with van der Waals surface area (Å²) >= 11 is 0. The topological polar surface area (TPSA) is 41.6 Å². The summed E-state index contributed by atoms with van der Waals surface area (Å²) < 4.78 is 4.80. The Morgan fingerprint density at radius 1 is 1.38 bits per heavy atom. The Balaban J connectivity index is 2.49. The van der Waals surface area contributed by atoms with Crippen molar-refractivity contribution in [2.75, 3.05) is 27.2 Å². The molecule has 1 rings (SSSR count). The summed E-state index contributed by atoms with van der Waals surface area (Å²) in [6.45, 7) is 6.01. The Kier molecular flexibility index (Phi) is 4.74. The molecule has 0 aromatic carbocycles. The molecule has 0 amide bonds. The summed E-state index contributed by atoms with van der Waals surface area (Å²) in [6.07, 6.45) is 3.41. The molecule has 4 nitrogen and oxygen atoms in total. The number of hydrogen-bond acceptors (Lipinski definition) is 4. The van der Waals surface area contributed by atoms with Gasteiger partial charge in [-0.1, -0.05) is 0 Å². The third kappa shape index (κ3) is 3.76. The molecule has 1 saturated heterocycles. The predicted molar refractivity (Wildman–Crippen MR) is 64.4 cm³/mol. The Labute approximate surface area is 98.3 Å². The van der Waals surface area contributed by atoms with Crippen LogP contribution >= 0.6 is 0 Å². The van der Waals surface area contributed by atoms with Gasteiger partial charge in [0.2, 0.25) is 0 Å². The molecule has 0 radical (unpaired) electrons. The third-order valence-electron chi connectivity index (χ3n) is 3.21. The molecule has 1 atom stereocenters. The molecule has 0 saturated carbocycles. The first-order valence-corrected chi connectivity index (χ1v) is 6.00. The van der Waals surface area contributed by atoms with Gasteiger partial charge in [0.15, 0.2) is 0 Å². The van der Waals surface area contributed by atoms with Gasteiger partial charge in [-0.15, -0.1) is 0 Å². The first-order chi connectivity index (χ1) is 7.45. The summed E-state index contributed by atoms with van der Waals surface area (Å²) in [7, 11) is 3.58. The second kappa shape index (κ2) is 5.64. The summed E-state index contributed by atoms with van der Waals surface area (Å²) in [5.41, 5.74) is -0.581. The molecule has 0 aromatic heterocycles. The fourth-order valence-electron chi connectivity index (χ4n) is 2.21. The van der Waals surface area contributed by atoms with Gasteiger partial charge in [0.25, 0.3) is 0 Å². The maximum Gasteiger partial charge on any atom is 0.325 e. The zero-order valence-corrected chi connectivity index (χ0v) is 10.9. The third-order valence-corrected chi connectivity index (χ3v) is 3.21. The summed E-state index contributed by atoms with van der Waals surface area (Å²) in [6, 6.07) is 0.416. The van der Waals surface area contributed by atoms with Gasteiger partial charge in [-0.2, -0.15) is 0 Å². The van der Waals surface area contributed by atoms with Gasteiger partial charge in [0.1, 0.15) is 5.54 Å². The highest BCUT2D eigenvalue weighted by Crippen LogP contribution is 2.14. The molecule has 1 heterocycles. The monoisotopic (exact) mass is 228 g/mol. The maximum atomic E-state index is 11.6. The molecule has 0 aromatic rings. The Morgan fingerprint density at radius 3 is 2.69 bits per heavy atom. The van der Waals surface area contributed by atoms with Crippen LogP contribution < -0.4 is 5.32 Å². The second-order valence-electron chi connectivity index (χ2n) is 5.19. The van der Waals surface area contributed by atoms with Gasteiger partial charge in [0.05, 0.1) is 7.11 Å². The van der Waals surface area contributed by atoms with E-state index >= 15 is 0 Å². The number of nitrogens with zero attached hydrogens (tertiary/aromatic N) is 1. The average Bonchev–Trinajstić information content (AvgIpc) is 2.42. The second-order valence-corrected chi connectivity index (χ2v) is 5.19. The first kappa shape index (κ1) is 13.5. The Morgan fingerprint density at radius 2 is 2.06 bits per heavy atom. The van der Waals surface area contributed by atoms with Crippen LogP contribution in [0, 0.1) is 0 Å². The minimum atomic E-state index is -0.581. The van der Waals surface area contributed by atoms with Crippen LogP contribution in [0.15, 0.2) is 0 Å². The Bertz CT molecular complexity index is 241. The molecule has 94 valence electrons. The van der Waals surface area contributed by atoms with Crippen LogP contribution in [-0.2, 0) is 9.53 Å². The molecule has 16 heavy (non-hydrogen) atoms. The van der Waals surface area contributed by atoms with Crippen molar-refractivity contribution < 1.29 is 9.53 Å². The molecule has 4 heteroatoms. The summed E-state index contributed by atoms with van der Waals surface area (Å²) in [5.74, 6) is -0.190. The van der Waals surface area contributed by atoms with E-state index in [0.29, 0.717) is 6.04 Å². The van der Waals surface area contributed by atoms with Gasteiger partial charge in [0, 0.05) is 6.04 Å². The normalized spacial score (nSPS) is 23.9. The van der Waals surface area contributed by atoms with Crippen LogP contribution in [0.3, 0.4) is 0 Å². The number of ether oxygens (including phenoxy) is 1. The van der Waals surface area contributed by atoms with E-state index in [2.05, 4.69) is 17.3 Å². The SMILES string of the molecule is COC(=O)C(C)(C)NC1CCCN(C)CC1. The number of hydrogen-bond donors (Lipinski definition) is 1. The highest BCUT2D eigenvalue weighted by molar-refractivity contribution is 5.79. The average molecular weight is 228 g/mol. The lowest BCUT2D eigenvalue weighted by Crippen LogP contribution is -2.52. The van der Waals surface area contributed by atoms with E-state index in [-0.39, 0.29) is 5.97 Å². The van der Waals surface area contributed by atoms with Crippen molar-refractivity contribution in [1.82, 2.24) is 10.2 Å². The van der Waals surface area contributed by atoms with Gasteiger partial charge < -0.3 is 9.64 Å². The molecule has 1 aliphatic heterocycles. The van der Waals surface area contributed by atoms with E-state index in [9.17, 15) is 4.79 Å². The lowest BCUT2D eigenvalue weighted by atomic mass is 10.0. The van der Waals surface area contributed by atoms with Gasteiger partial charge in [-0.05, 0) is 53.2 Å². The molecule has 0 aliphatic carbocycles. The quantitative estimate of drug-likeness (QED) is 0.732. The van der Waals surface area contributed by atoms with Crippen LogP contribution in [0.2, 0.25) is 0 Å². The zero-order valence-electron chi connectivity index (χ0n) is 10.9. The maximum absolute atomic E-state index is 11.6. The Hall–Kier alpha value is -0.610. The first-order valence-electron chi connectivity index (χ1n) is 6.00. The van der Waals surface area contributed by atoms with E-state index in [4.69, 9.17) is 4.74 Å². The highest BCUT2D eigenvalue weighted by atomic mass is 16.5. The summed E-state index contributed by atoms with van der Waals surface area (Å²) in [5, 5.41) is 3.41. The van der Waals surface area contributed by atoms with Crippen molar-refractivity contribution in [3.05, 3.63) is 0 Å². The highest BCUT2D eigenvalue weighted by Gasteiger charge is 2.31. The molecule has 0 spiro atoms. The molecule has 1 unspecified atom stereocenters. The number of likely N-dealkylation sites (tertiary alicyclic amines) is 1. The van der Waals surface area contributed by atoms with Gasteiger partial charge in [-0.3, -0.25) is 10.1 Å². The van der Waals surface area contributed by atoms with Crippen LogP contribution in [0.25, 0.3) is 0 Å². The number of rotatable bonds is 3. The number of carbonyl (C=O) groups excluding carboxylic acids is 1. The van der Waals surface area contributed by atoms with Crippen LogP contribution in [0.5, 0.6) is 0 Å². The van der Waals surface area contributed by atoms with Gasteiger partial charge in [-0.25, -0.2) is 0 Å². The van der Waals surface area contributed by atoms with Crippen molar-refractivity contribution in [2.24, 2.45) is 0 Å². The van der Waals surface area contributed by atoms with E-state index in [1.54, 1.807) is 0 Å². The van der Waals surface area contributed by atoms with E-state index in [1.165, 1.54) is 13.5 Å². The molecule has 1 N–H and O–H groups in total. The van der Waals surface area contributed by atoms with Crippen molar-refractivity contribution in [3.8, 4) is 0 Å². The van der Waals surface area contributed by atoms with Crippen molar-refractivity contribution >= 4 is 5.97 Å². The summed E-state index contributed by atoms with van der Waals surface area (Å²) in [4.78, 5) is 13.9. The fraction of sp³-hybridized carbons (Fsp3) is 0.917. The zero-order chi connectivity index (χ0) is 12.2. The number of carbonyl (C=O) groups is 1. The molecular formula is C12H24N2O2. The lowest BCUT2D eigenvalue weighted by molar-refractivity contribution is -0.147. The minimum Gasteiger partial charge on any atom is -0.468 e. The van der Waals surface area contributed by atoms with Crippen LogP contribution in [0.1, 0.15) is 33.1 Å². The molecular weight excluding hydrogens is 204 g/mol. The standard InChI is InChI=1S/C12H24N2O2/c1-12(2,11(15)16-4)13-10-6-5-8-14(3)9-7-10/h10,13H,5-9H2,1-4H3. The lowest BCUT2D eigenvalue weighted by Gasteiger charge is -2.29. The molecule has 0 bridgehead atoms. The number of methoxy groups -OCH3 is 1. The predicted octanol–water partition coefficient (Wildman–Crippen LogP) is 1.01. The smallest absolute Gasteiger partial charge is 0.325 e. The van der Waals surface area contributed by atoms with Gasteiger partial charge >= 0.3 is 5.97 Å². The van der Waals surface area contributed by atoms with E-state index < -0.39 is 5.54 Å². The molecule has 1 aliphatic rings. The van der Waals surface area contributed by atoms with Crippen molar-refractivity contribution in [2.45, 2.75) is 44.7 Å². The number of nitrogens with one attached hydrogen (secondary N) is 1. The van der Waals surface area contributed by atoms with Crippen LogP contribution in [-0.4, -0.2) is 49.7 Å². The molecule has 1 fully saturated rings. The van der Waals surface area contributed by atoms with E-state index in [0.717, 1.165) is 25.9 Å². The minimum absolute atomic E-state index is 0.190. The van der Waals surface area contributed by atoms with E-state index in [1.807, 2.05) is 13.8 Å². The van der Waals surface area contributed by atoms with Crippen molar-refractivity contribution in [1.29, 1.82) is 0 Å². The number of esters is 1.